The fourth-order valence-electron chi connectivity index (χ4n) is 2.24. The van der Waals surface area contributed by atoms with Crippen LogP contribution in [0.3, 0.4) is 0 Å². The Bertz CT molecular complexity index is 311. The summed E-state index contributed by atoms with van der Waals surface area (Å²) in [5.41, 5.74) is 0. The Morgan fingerprint density at radius 2 is 1.62 bits per heavy atom. The molecular formula is C12H24Cl2F3N3O. The van der Waals surface area contributed by atoms with Crippen molar-refractivity contribution < 1.29 is 18.0 Å². The van der Waals surface area contributed by atoms with Crippen LogP contribution in [0.5, 0.6) is 0 Å². The molecule has 9 heteroatoms. The van der Waals surface area contributed by atoms with Crippen LogP contribution < -0.4 is 5.32 Å². The molecule has 1 saturated heterocycles. The molecule has 2 unspecified atom stereocenters. The first-order valence-corrected chi connectivity index (χ1v) is 6.51. The Morgan fingerprint density at radius 1 is 1.14 bits per heavy atom. The van der Waals surface area contributed by atoms with Gasteiger partial charge in [0.15, 0.2) is 0 Å². The summed E-state index contributed by atoms with van der Waals surface area (Å²) in [7, 11) is 1.77. The third-order valence-electron chi connectivity index (χ3n) is 3.58. The highest BCUT2D eigenvalue weighted by Gasteiger charge is 2.41. The molecule has 2 atom stereocenters. The van der Waals surface area contributed by atoms with Gasteiger partial charge in [0.1, 0.15) is 6.04 Å². The van der Waals surface area contributed by atoms with E-state index in [1.54, 1.807) is 11.9 Å². The lowest BCUT2D eigenvalue weighted by molar-refractivity contribution is -0.183. The molecule has 1 aliphatic rings. The number of nitrogens with one attached hydrogen (secondary N) is 1. The molecule has 1 heterocycles. The Hall–Kier alpha value is -0.240. The molecule has 128 valence electrons. The topological polar surface area (TPSA) is 35.6 Å². The van der Waals surface area contributed by atoms with Crippen molar-refractivity contribution in [1.82, 2.24) is 15.1 Å². The molecule has 1 N–H and O–H groups in total. The van der Waals surface area contributed by atoms with Crippen molar-refractivity contribution in [3.05, 3.63) is 0 Å². The zero-order valence-electron chi connectivity index (χ0n) is 12.4. The standard InChI is InChI=1S/C12H22F3N3O.2ClH/c1-9(8-16-3)11(19)18-6-4-17(5-7-18)10(2)12(13,14)15;;/h9-10,16H,4-8H2,1-3H3;2*1H. The Morgan fingerprint density at radius 3 is 2.00 bits per heavy atom. The predicted octanol–water partition coefficient (Wildman–Crippen LogP) is 1.78. The molecule has 1 rings (SSSR count). The summed E-state index contributed by atoms with van der Waals surface area (Å²) < 4.78 is 37.8. The van der Waals surface area contributed by atoms with Crippen LogP contribution in [-0.2, 0) is 4.79 Å². The normalized spacial score (nSPS) is 19.2. The highest BCUT2D eigenvalue weighted by atomic mass is 35.5. The van der Waals surface area contributed by atoms with Crippen LogP contribution in [0.25, 0.3) is 0 Å². The van der Waals surface area contributed by atoms with Gasteiger partial charge in [-0.15, -0.1) is 24.8 Å². The first-order valence-electron chi connectivity index (χ1n) is 6.51. The molecule has 0 saturated carbocycles. The average Bonchev–Trinajstić information content (AvgIpc) is 2.36. The molecule has 21 heavy (non-hydrogen) atoms. The van der Waals surface area contributed by atoms with E-state index in [2.05, 4.69) is 5.32 Å². The van der Waals surface area contributed by atoms with Gasteiger partial charge in [0.05, 0.1) is 0 Å². The lowest BCUT2D eigenvalue weighted by Crippen LogP contribution is -2.55. The fourth-order valence-corrected chi connectivity index (χ4v) is 2.24. The van der Waals surface area contributed by atoms with E-state index in [0.717, 1.165) is 0 Å². The number of carbonyl (C=O) groups excluding carboxylic acids is 1. The molecule has 0 aromatic heterocycles. The number of piperazine rings is 1. The van der Waals surface area contributed by atoms with Gasteiger partial charge in [0.25, 0.3) is 0 Å². The van der Waals surface area contributed by atoms with E-state index >= 15 is 0 Å². The smallest absolute Gasteiger partial charge is 0.340 e. The molecule has 0 bridgehead atoms. The van der Waals surface area contributed by atoms with Crippen LogP contribution in [-0.4, -0.2) is 67.7 Å². The third-order valence-corrected chi connectivity index (χ3v) is 3.58. The van der Waals surface area contributed by atoms with Crippen molar-refractivity contribution >= 4 is 30.7 Å². The third kappa shape index (κ3) is 6.59. The average molecular weight is 354 g/mol. The first-order chi connectivity index (χ1) is 8.77. The minimum atomic E-state index is -4.20. The number of carbonyl (C=O) groups is 1. The van der Waals surface area contributed by atoms with Crippen LogP contribution in [0.2, 0.25) is 0 Å². The molecule has 0 aromatic carbocycles. The van der Waals surface area contributed by atoms with Gasteiger partial charge >= 0.3 is 6.18 Å². The van der Waals surface area contributed by atoms with Gasteiger partial charge in [-0.05, 0) is 14.0 Å². The fraction of sp³-hybridized carbons (Fsp3) is 0.917. The number of halogens is 5. The van der Waals surface area contributed by atoms with E-state index in [0.29, 0.717) is 19.6 Å². The number of alkyl halides is 3. The zero-order chi connectivity index (χ0) is 14.6. The molecule has 0 spiro atoms. The van der Waals surface area contributed by atoms with Crippen molar-refractivity contribution in [2.24, 2.45) is 5.92 Å². The van der Waals surface area contributed by atoms with Crippen molar-refractivity contribution in [2.75, 3.05) is 39.8 Å². The highest BCUT2D eigenvalue weighted by molar-refractivity contribution is 5.85. The largest absolute Gasteiger partial charge is 0.403 e. The quantitative estimate of drug-likeness (QED) is 0.836. The van der Waals surface area contributed by atoms with Crippen molar-refractivity contribution in [3.63, 3.8) is 0 Å². The van der Waals surface area contributed by atoms with Crippen LogP contribution in [0.1, 0.15) is 13.8 Å². The monoisotopic (exact) mass is 353 g/mol. The predicted molar refractivity (Wildman–Crippen MR) is 81.3 cm³/mol. The summed E-state index contributed by atoms with van der Waals surface area (Å²) in [5.74, 6) is -0.134. The van der Waals surface area contributed by atoms with Gasteiger partial charge in [0.2, 0.25) is 5.91 Å². The van der Waals surface area contributed by atoms with Crippen LogP contribution >= 0.6 is 24.8 Å². The second-order valence-corrected chi connectivity index (χ2v) is 5.04. The zero-order valence-corrected chi connectivity index (χ0v) is 14.1. The van der Waals surface area contributed by atoms with E-state index in [4.69, 9.17) is 0 Å². The molecule has 0 radical (unpaired) electrons. The molecular weight excluding hydrogens is 330 g/mol. The molecule has 1 amide bonds. The Labute approximate surface area is 136 Å². The van der Waals surface area contributed by atoms with Crippen molar-refractivity contribution in [2.45, 2.75) is 26.1 Å². The number of rotatable bonds is 4. The summed E-state index contributed by atoms with van der Waals surface area (Å²) in [6, 6.07) is -1.44. The summed E-state index contributed by atoms with van der Waals surface area (Å²) in [5, 5.41) is 2.93. The number of amides is 1. The van der Waals surface area contributed by atoms with E-state index < -0.39 is 12.2 Å². The maximum Gasteiger partial charge on any atom is 0.403 e. The second-order valence-electron chi connectivity index (χ2n) is 5.04. The Balaban J connectivity index is 0. The number of nitrogens with zero attached hydrogens (tertiary/aromatic N) is 2. The number of hydrogen-bond donors (Lipinski definition) is 1. The van der Waals surface area contributed by atoms with E-state index in [1.807, 2.05) is 6.92 Å². The molecule has 1 fully saturated rings. The van der Waals surface area contributed by atoms with Crippen molar-refractivity contribution in [1.29, 1.82) is 0 Å². The molecule has 1 aliphatic heterocycles. The second kappa shape index (κ2) is 9.71. The summed E-state index contributed by atoms with van der Waals surface area (Å²) in [4.78, 5) is 15.0. The minimum Gasteiger partial charge on any atom is -0.340 e. The van der Waals surface area contributed by atoms with Gasteiger partial charge in [-0.3, -0.25) is 9.69 Å². The Kier molecular flexibility index (Phi) is 10.7. The summed E-state index contributed by atoms with van der Waals surface area (Å²) in [6.07, 6.45) is -4.20. The van der Waals surface area contributed by atoms with Crippen LogP contribution in [0.4, 0.5) is 13.2 Å². The number of hydrogen-bond acceptors (Lipinski definition) is 3. The van der Waals surface area contributed by atoms with Gasteiger partial charge < -0.3 is 10.2 Å². The molecule has 4 nitrogen and oxygen atoms in total. The first kappa shape index (κ1) is 23.0. The molecule has 0 aliphatic carbocycles. The van der Waals surface area contributed by atoms with Gasteiger partial charge in [-0.1, -0.05) is 6.92 Å². The van der Waals surface area contributed by atoms with E-state index in [-0.39, 0.29) is 49.7 Å². The minimum absolute atomic E-state index is 0. The van der Waals surface area contributed by atoms with Crippen LogP contribution in [0.15, 0.2) is 0 Å². The van der Waals surface area contributed by atoms with Gasteiger partial charge in [-0.2, -0.15) is 13.2 Å². The lowest BCUT2D eigenvalue weighted by Gasteiger charge is -2.39. The van der Waals surface area contributed by atoms with Crippen molar-refractivity contribution in [3.8, 4) is 0 Å². The SMILES string of the molecule is CNCC(C)C(=O)N1CCN(C(C)C(F)(F)F)CC1.Cl.Cl. The maximum absolute atomic E-state index is 12.6. The van der Waals surface area contributed by atoms with E-state index in [9.17, 15) is 18.0 Å². The highest BCUT2D eigenvalue weighted by Crippen LogP contribution is 2.25. The summed E-state index contributed by atoms with van der Waals surface area (Å²) >= 11 is 0. The maximum atomic E-state index is 12.6. The van der Waals surface area contributed by atoms with E-state index in [1.165, 1.54) is 11.8 Å². The summed E-state index contributed by atoms with van der Waals surface area (Å²) in [6.45, 7) is 4.86. The lowest BCUT2D eigenvalue weighted by atomic mass is 10.1. The molecule has 0 aromatic rings. The van der Waals surface area contributed by atoms with Gasteiger partial charge in [-0.25, -0.2) is 0 Å². The van der Waals surface area contributed by atoms with Gasteiger partial charge in [0, 0.05) is 38.6 Å². The van der Waals surface area contributed by atoms with Crippen LogP contribution in [0, 0.1) is 5.92 Å².